The van der Waals surface area contributed by atoms with Crippen molar-refractivity contribution in [2.75, 3.05) is 19.8 Å². The third-order valence-corrected chi connectivity index (χ3v) is 3.39. The van der Waals surface area contributed by atoms with Crippen molar-refractivity contribution in [1.82, 2.24) is 5.32 Å². The Morgan fingerprint density at radius 2 is 1.94 bits per heavy atom. The van der Waals surface area contributed by atoms with Gasteiger partial charge in [-0.25, -0.2) is 0 Å². The monoisotopic (exact) mass is 243 g/mol. The van der Waals surface area contributed by atoms with Gasteiger partial charge in [-0.15, -0.1) is 0 Å². The summed E-state index contributed by atoms with van der Waals surface area (Å²) >= 11 is 0. The van der Waals surface area contributed by atoms with Crippen molar-refractivity contribution >= 4 is 11.9 Å². The molecule has 0 aromatic carbocycles. The molecule has 1 aliphatic rings. The van der Waals surface area contributed by atoms with E-state index in [1.807, 2.05) is 6.92 Å². The van der Waals surface area contributed by atoms with Crippen molar-refractivity contribution in [2.24, 2.45) is 17.8 Å². The van der Waals surface area contributed by atoms with Crippen molar-refractivity contribution in [1.29, 1.82) is 0 Å². The molecule has 2 unspecified atom stereocenters. The summed E-state index contributed by atoms with van der Waals surface area (Å²) in [6.45, 7) is 5.11. The average Bonchev–Trinajstić information content (AvgIpc) is 2.35. The Kier molecular flexibility index (Phi) is 5.41. The van der Waals surface area contributed by atoms with Gasteiger partial charge in [0.1, 0.15) is 0 Å². The van der Waals surface area contributed by atoms with Gasteiger partial charge in [-0.2, -0.15) is 0 Å². The standard InChI is InChI=1S/C12H21NO4/c1-8(12(15)16)7-13-11(14)9(2)10-3-5-17-6-4-10/h8-10H,3-7H2,1-2H3,(H,13,14)(H,15,16). The second-order valence-electron chi connectivity index (χ2n) is 4.72. The smallest absolute Gasteiger partial charge is 0.308 e. The quantitative estimate of drug-likeness (QED) is 0.751. The van der Waals surface area contributed by atoms with Crippen LogP contribution in [0.4, 0.5) is 0 Å². The molecule has 98 valence electrons. The summed E-state index contributed by atoms with van der Waals surface area (Å²) in [6.07, 6.45) is 1.81. The van der Waals surface area contributed by atoms with Crippen LogP contribution < -0.4 is 5.32 Å². The largest absolute Gasteiger partial charge is 0.481 e. The van der Waals surface area contributed by atoms with Crippen LogP contribution in [0, 0.1) is 17.8 Å². The number of carbonyl (C=O) groups excluding carboxylic acids is 1. The van der Waals surface area contributed by atoms with E-state index in [0.29, 0.717) is 19.1 Å². The van der Waals surface area contributed by atoms with Gasteiger partial charge in [-0.05, 0) is 18.8 Å². The van der Waals surface area contributed by atoms with E-state index in [2.05, 4.69) is 5.32 Å². The van der Waals surface area contributed by atoms with Crippen LogP contribution in [0.1, 0.15) is 26.7 Å². The molecule has 0 saturated carbocycles. The molecule has 17 heavy (non-hydrogen) atoms. The van der Waals surface area contributed by atoms with Crippen molar-refractivity contribution in [3.05, 3.63) is 0 Å². The lowest BCUT2D eigenvalue weighted by molar-refractivity contribution is -0.141. The van der Waals surface area contributed by atoms with E-state index in [1.54, 1.807) is 6.92 Å². The van der Waals surface area contributed by atoms with E-state index < -0.39 is 11.9 Å². The van der Waals surface area contributed by atoms with Gasteiger partial charge in [-0.1, -0.05) is 13.8 Å². The molecule has 1 amide bonds. The summed E-state index contributed by atoms with van der Waals surface area (Å²) in [5.74, 6) is -1.20. The minimum Gasteiger partial charge on any atom is -0.481 e. The first-order chi connectivity index (χ1) is 8.02. The Bertz CT molecular complexity index is 274. The van der Waals surface area contributed by atoms with E-state index in [9.17, 15) is 9.59 Å². The van der Waals surface area contributed by atoms with Gasteiger partial charge < -0.3 is 15.2 Å². The molecular weight excluding hydrogens is 222 g/mol. The fraction of sp³-hybridized carbons (Fsp3) is 0.833. The second kappa shape index (κ2) is 6.59. The third-order valence-electron chi connectivity index (χ3n) is 3.39. The van der Waals surface area contributed by atoms with Gasteiger partial charge in [0.05, 0.1) is 5.92 Å². The minimum absolute atomic E-state index is 0.0509. The molecule has 2 N–H and O–H groups in total. The molecule has 0 spiro atoms. The zero-order valence-corrected chi connectivity index (χ0v) is 10.4. The van der Waals surface area contributed by atoms with Crippen LogP contribution >= 0.6 is 0 Å². The highest BCUT2D eigenvalue weighted by Gasteiger charge is 2.26. The molecule has 0 radical (unpaired) electrons. The van der Waals surface area contributed by atoms with E-state index in [4.69, 9.17) is 9.84 Å². The summed E-state index contributed by atoms with van der Waals surface area (Å²) in [4.78, 5) is 22.4. The van der Waals surface area contributed by atoms with E-state index >= 15 is 0 Å². The zero-order valence-electron chi connectivity index (χ0n) is 10.4. The first-order valence-corrected chi connectivity index (χ1v) is 6.10. The molecule has 5 nitrogen and oxygen atoms in total. The van der Waals surface area contributed by atoms with Crippen molar-refractivity contribution < 1.29 is 19.4 Å². The highest BCUT2D eigenvalue weighted by atomic mass is 16.5. The Labute approximate surface area is 102 Å². The van der Waals surface area contributed by atoms with Crippen molar-refractivity contribution in [2.45, 2.75) is 26.7 Å². The fourth-order valence-corrected chi connectivity index (χ4v) is 1.93. The number of nitrogens with one attached hydrogen (secondary N) is 1. The number of hydrogen-bond acceptors (Lipinski definition) is 3. The summed E-state index contributed by atoms with van der Waals surface area (Å²) in [5, 5.41) is 11.4. The number of carboxylic acid groups (broad SMARTS) is 1. The van der Waals surface area contributed by atoms with Crippen LogP contribution in [0.25, 0.3) is 0 Å². The lowest BCUT2D eigenvalue weighted by Gasteiger charge is -2.27. The molecule has 2 atom stereocenters. The first kappa shape index (κ1) is 14.0. The van der Waals surface area contributed by atoms with E-state index in [-0.39, 0.29) is 18.4 Å². The summed E-state index contributed by atoms with van der Waals surface area (Å²) in [7, 11) is 0. The Balaban J connectivity index is 2.33. The van der Waals surface area contributed by atoms with Crippen LogP contribution in [0.15, 0.2) is 0 Å². The zero-order chi connectivity index (χ0) is 12.8. The normalized spacial score (nSPS) is 20.6. The predicted octanol–water partition coefficient (Wildman–Crippen LogP) is 0.886. The predicted molar refractivity (Wildman–Crippen MR) is 62.5 cm³/mol. The van der Waals surface area contributed by atoms with E-state index in [0.717, 1.165) is 12.8 Å². The summed E-state index contributed by atoms with van der Waals surface area (Å²) in [5.41, 5.74) is 0. The second-order valence-corrected chi connectivity index (χ2v) is 4.72. The van der Waals surface area contributed by atoms with Crippen LogP contribution in [0.5, 0.6) is 0 Å². The van der Waals surface area contributed by atoms with Gasteiger partial charge in [0, 0.05) is 25.7 Å². The highest BCUT2D eigenvalue weighted by molar-refractivity contribution is 5.79. The minimum atomic E-state index is -0.885. The fourth-order valence-electron chi connectivity index (χ4n) is 1.93. The number of carboxylic acids is 1. The topological polar surface area (TPSA) is 75.6 Å². The van der Waals surface area contributed by atoms with Crippen LogP contribution in [0.3, 0.4) is 0 Å². The molecule has 0 aromatic heterocycles. The molecular formula is C12H21NO4. The van der Waals surface area contributed by atoms with Gasteiger partial charge >= 0.3 is 5.97 Å². The van der Waals surface area contributed by atoms with Crippen molar-refractivity contribution in [3.8, 4) is 0 Å². The van der Waals surface area contributed by atoms with Crippen molar-refractivity contribution in [3.63, 3.8) is 0 Å². The molecule has 0 aliphatic carbocycles. The highest BCUT2D eigenvalue weighted by Crippen LogP contribution is 2.23. The summed E-state index contributed by atoms with van der Waals surface area (Å²) < 4.78 is 5.25. The maximum absolute atomic E-state index is 11.8. The van der Waals surface area contributed by atoms with Crippen LogP contribution in [-0.4, -0.2) is 36.7 Å². The van der Waals surface area contributed by atoms with Gasteiger partial charge in [0.25, 0.3) is 0 Å². The molecule has 1 aliphatic heterocycles. The molecule has 1 fully saturated rings. The maximum Gasteiger partial charge on any atom is 0.308 e. The van der Waals surface area contributed by atoms with Gasteiger partial charge in [-0.3, -0.25) is 9.59 Å². The average molecular weight is 243 g/mol. The van der Waals surface area contributed by atoms with Gasteiger partial charge in [0.15, 0.2) is 0 Å². The number of amides is 1. The van der Waals surface area contributed by atoms with Crippen LogP contribution in [-0.2, 0) is 14.3 Å². The number of hydrogen-bond donors (Lipinski definition) is 2. The summed E-state index contributed by atoms with van der Waals surface area (Å²) in [6, 6.07) is 0. The molecule has 5 heteroatoms. The Morgan fingerprint density at radius 3 is 2.47 bits per heavy atom. The third kappa shape index (κ3) is 4.34. The maximum atomic E-state index is 11.8. The lowest BCUT2D eigenvalue weighted by atomic mass is 9.86. The first-order valence-electron chi connectivity index (χ1n) is 6.10. The lowest BCUT2D eigenvalue weighted by Crippen LogP contribution is -2.38. The van der Waals surface area contributed by atoms with Gasteiger partial charge in [0.2, 0.25) is 5.91 Å². The van der Waals surface area contributed by atoms with E-state index in [1.165, 1.54) is 0 Å². The number of aliphatic carboxylic acids is 1. The Hall–Kier alpha value is -1.10. The number of ether oxygens (including phenoxy) is 1. The number of rotatable bonds is 5. The molecule has 1 rings (SSSR count). The SMILES string of the molecule is CC(CNC(=O)C(C)C1CCOCC1)C(=O)O. The number of carbonyl (C=O) groups is 2. The van der Waals surface area contributed by atoms with Crippen LogP contribution in [0.2, 0.25) is 0 Å². The molecule has 1 heterocycles. The Morgan fingerprint density at radius 1 is 1.35 bits per heavy atom. The molecule has 0 aromatic rings. The molecule has 0 bridgehead atoms. The molecule has 1 saturated heterocycles.